The lowest BCUT2D eigenvalue weighted by Gasteiger charge is -2.20. The molecule has 3 aromatic carbocycles. The highest BCUT2D eigenvalue weighted by atomic mass is 35.5. The van der Waals surface area contributed by atoms with Crippen LogP contribution in [0.15, 0.2) is 66.7 Å². The minimum atomic E-state index is -0.204. The van der Waals surface area contributed by atoms with Gasteiger partial charge in [-0.05, 0) is 66.6 Å². The van der Waals surface area contributed by atoms with Crippen LogP contribution < -0.4 is 10.1 Å². The monoisotopic (exact) mass is 391 g/mol. The fourth-order valence-electron chi connectivity index (χ4n) is 3.63. The predicted molar refractivity (Wildman–Crippen MR) is 113 cm³/mol. The number of hydrogen-bond donors (Lipinski definition) is 1. The molecule has 0 bridgehead atoms. The highest BCUT2D eigenvalue weighted by Gasteiger charge is 2.18. The lowest BCUT2D eigenvalue weighted by molar-refractivity contribution is 0.102. The summed E-state index contributed by atoms with van der Waals surface area (Å²) in [6.07, 6.45) is 4.43. The molecular weight excluding hydrogens is 370 g/mol. The Bertz CT molecular complexity index is 985. The van der Waals surface area contributed by atoms with Gasteiger partial charge in [-0.2, -0.15) is 0 Å². The summed E-state index contributed by atoms with van der Waals surface area (Å²) in [7, 11) is 0. The van der Waals surface area contributed by atoms with Gasteiger partial charge in [0, 0.05) is 10.7 Å². The van der Waals surface area contributed by atoms with Gasteiger partial charge in [0.15, 0.2) is 0 Å². The van der Waals surface area contributed by atoms with Crippen LogP contribution in [0.5, 0.6) is 5.75 Å². The maximum atomic E-state index is 13.0. The largest absolute Gasteiger partial charge is 0.488 e. The molecule has 142 valence electrons. The van der Waals surface area contributed by atoms with Crippen molar-refractivity contribution in [2.45, 2.75) is 32.3 Å². The number of carbonyl (C=O) groups excluding carboxylic acids is 1. The highest BCUT2D eigenvalue weighted by Crippen LogP contribution is 2.30. The first-order valence-corrected chi connectivity index (χ1v) is 9.97. The van der Waals surface area contributed by atoms with Crippen LogP contribution in [0.1, 0.15) is 39.9 Å². The normalized spacial score (nSPS) is 12.9. The van der Waals surface area contributed by atoms with E-state index in [0.29, 0.717) is 22.9 Å². The lowest BCUT2D eigenvalue weighted by Crippen LogP contribution is -2.16. The molecule has 0 heterocycles. The Kier molecular flexibility index (Phi) is 5.63. The van der Waals surface area contributed by atoms with Gasteiger partial charge >= 0.3 is 0 Å². The van der Waals surface area contributed by atoms with Crippen molar-refractivity contribution in [1.29, 1.82) is 0 Å². The molecular formula is C24H22ClNO2. The number of anilines is 1. The van der Waals surface area contributed by atoms with E-state index in [0.717, 1.165) is 30.5 Å². The van der Waals surface area contributed by atoms with Crippen LogP contribution in [0.3, 0.4) is 0 Å². The summed E-state index contributed by atoms with van der Waals surface area (Å²) >= 11 is 6.16. The molecule has 0 atom stereocenters. The highest BCUT2D eigenvalue weighted by molar-refractivity contribution is 6.31. The van der Waals surface area contributed by atoms with Gasteiger partial charge in [0.1, 0.15) is 12.4 Å². The minimum Gasteiger partial charge on any atom is -0.488 e. The number of nitrogens with one attached hydrogen (secondary N) is 1. The molecule has 1 N–H and O–H groups in total. The van der Waals surface area contributed by atoms with Crippen molar-refractivity contribution in [3.05, 3.63) is 94.0 Å². The van der Waals surface area contributed by atoms with E-state index in [9.17, 15) is 4.79 Å². The minimum absolute atomic E-state index is 0.204. The standard InChI is InChI=1S/C24H22ClNO2/c25-19-13-14-23(28-16-17-7-2-1-3-8-17)21(15-19)24(27)26-22-12-6-10-18-9-4-5-11-20(18)22/h1-3,6-8,10,12-15H,4-5,9,11,16H2,(H,26,27). The Morgan fingerprint density at radius 1 is 0.964 bits per heavy atom. The van der Waals surface area contributed by atoms with E-state index >= 15 is 0 Å². The first kappa shape index (κ1) is 18.6. The third kappa shape index (κ3) is 4.20. The molecule has 28 heavy (non-hydrogen) atoms. The van der Waals surface area contributed by atoms with E-state index in [4.69, 9.17) is 16.3 Å². The topological polar surface area (TPSA) is 38.3 Å². The van der Waals surface area contributed by atoms with Crippen LogP contribution in [0, 0.1) is 0 Å². The molecule has 0 saturated heterocycles. The summed E-state index contributed by atoms with van der Waals surface area (Å²) in [5.74, 6) is 0.320. The van der Waals surface area contributed by atoms with Crippen LogP contribution in [0.4, 0.5) is 5.69 Å². The molecule has 0 saturated carbocycles. The molecule has 3 aromatic rings. The molecule has 1 aliphatic rings. The van der Waals surface area contributed by atoms with Gasteiger partial charge in [0.2, 0.25) is 0 Å². The summed E-state index contributed by atoms with van der Waals surface area (Å²) in [4.78, 5) is 13.0. The molecule has 0 unspecified atom stereocenters. The average molecular weight is 392 g/mol. The Labute approximate surface area is 170 Å². The van der Waals surface area contributed by atoms with E-state index in [1.54, 1.807) is 18.2 Å². The Morgan fingerprint density at radius 3 is 2.64 bits per heavy atom. The average Bonchev–Trinajstić information content (AvgIpc) is 2.74. The summed E-state index contributed by atoms with van der Waals surface area (Å²) in [6.45, 7) is 0.392. The summed E-state index contributed by atoms with van der Waals surface area (Å²) < 4.78 is 5.93. The number of amides is 1. The van der Waals surface area contributed by atoms with E-state index < -0.39 is 0 Å². The third-order valence-electron chi connectivity index (χ3n) is 5.07. The first-order chi connectivity index (χ1) is 13.7. The summed E-state index contributed by atoms with van der Waals surface area (Å²) in [6, 6.07) is 21.2. The van der Waals surface area contributed by atoms with Gasteiger partial charge in [0.25, 0.3) is 5.91 Å². The molecule has 1 amide bonds. The van der Waals surface area contributed by atoms with Crippen molar-refractivity contribution in [2.24, 2.45) is 0 Å². The SMILES string of the molecule is O=C(Nc1cccc2c1CCCC2)c1cc(Cl)ccc1OCc1ccccc1. The zero-order valence-corrected chi connectivity index (χ0v) is 16.3. The van der Waals surface area contributed by atoms with E-state index in [1.807, 2.05) is 42.5 Å². The van der Waals surface area contributed by atoms with Crippen LogP contribution >= 0.6 is 11.6 Å². The quantitative estimate of drug-likeness (QED) is 0.574. The Balaban J connectivity index is 1.56. The maximum Gasteiger partial charge on any atom is 0.259 e. The summed E-state index contributed by atoms with van der Waals surface area (Å²) in [5.41, 5.74) is 4.94. The molecule has 0 fully saturated rings. The number of ether oxygens (including phenoxy) is 1. The number of fused-ring (bicyclic) bond motifs is 1. The molecule has 0 spiro atoms. The van der Waals surface area contributed by atoms with Gasteiger partial charge in [-0.25, -0.2) is 0 Å². The fraction of sp³-hybridized carbons (Fsp3) is 0.208. The molecule has 1 aliphatic carbocycles. The number of hydrogen-bond acceptors (Lipinski definition) is 2. The van der Waals surface area contributed by atoms with Crippen LogP contribution in [-0.2, 0) is 19.4 Å². The van der Waals surface area contributed by atoms with Gasteiger partial charge in [-0.1, -0.05) is 54.1 Å². The van der Waals surface area contributed by atoms with Gasteiger partial charge < -0.3 is 10.1 Å². The predicted octanol–water partition coefficient (Wildman–Crippen LogP) is 6.05. The number of rotatable bonds is 5. The Hall–Kier alpha value is -2.78. The smallest absolute Gasteiger partial charge is 0.259 e. The van der Waals surface area contributed by atoms with E-state index in [1.165, 1.54) is 17.5 Å². The van der Waals surface area contributed by atoms with E-state index in [-0.39, 0.29) is 5.91 Å². The number of benzene rings is 3. The molecule has 4 rings (SSSR count). The van der Waals surface area contributed by atoms with Crippen molar-refractivity contribution in [1.82, 2.24) is 0 Å². The fourth-order valence-corrected chi connectivity index (χ4v) is 3.80. The van der Waals surface area contributed by atoms with Gasteiger partial charge in [-0.15, -0.1) is 0 Å². The van der Waals surface area contributed by atoms with Crippen LogP contribution in [0.2, 0.25) is 5.02 Å². The molecule has 4 heteroatoms. The molecule has 0 aromatic heterocycles. The maximum absolute atomic E-state index is 13.0. The van der Waals surface area contributed by atoms with Crippen LogP contribution in [0.25, 0.3) is 0 Å². The summed E-state index contributed by atoms with van der Waals surface area (Å²) in [5, 5.41) is 3.58. The number of halogens is 1. The van der Waals surface area contributed by atoms with Crippen LogP contribution in [-0.4, -0.2) is 5.91 Å². The second-order valence-corrected chi connectivity index (χ2v) is 7.46. The zero-order chi connectivity index (χ0) is 19.3. The second-order valence-electron chi connectivity index (χ2n) is 7.02. The zero-order valence-electron chi connectivity index (χ0n) is 15.6. The van der Waals surface area contributed by atoms with Crippen molar-refractivity contribution in [3.8, 4) is 5.75 Å². The molecule has 0 aliphatic heterocycles. The lowest BCUT2D eigenvalue weighted by atomic mass is 9.90. The number of carbonyl (C=O) groups is 1. The third-order valence-corrected chi connectivity index (χ3v) is 5.30. The first-order valence-electron chi connectivity index (χ1n) is 9.59. The van der Waals surface area contributed by atoms with Crippen molar-refractivity contribution >= 4 is 23.2 Å². The molecule has 0 radical (unpaired) electrons. The molecule has 3 nitrogen and oxygen atoms in total. The second kappa shape index (κ2) is 8.49. The van der Waals surface area contributed by atoms with E-state index in [2.05, 4.69) is 11.4 Å². The van der Waals surface area contributed by atoms with Gasteiger partial charge in [-0.3, -0.25) is 4.79 Å². The van der Waals surface area contributed by atoms with Crippen molar-refractivity contribution in [3.63, 3.8) is 0 Å². The van der Waals surface area contributed by atoms with Crippen molar-refractivity contribution in [2.75, 3.05) is 5.32 Å². The van der Waals surface area contributed by atoms with Gasteiger partial charge in [0.05, 0.1) is 5.56 Å². The Morgan fingerprint density at radius 2 is 1.79 bits per heavy atom. The number of aryl methyl sites for hydroxylation is 1. The van der Waals surface area contributed by atoms with Crippen molar-refractivity contribution < 1.29 is 9.53 Å².